The Morgan fingerprint density at radius 1 is 1.31 bits per heavy atom. The summed E-state index contributed by atoms with van der Waals surface area (Å²) in [4.78, 5) is 0. The predicted molar refractivity (Wildman–Crippen MR) is 60.7 cm³/mol. The highest BCUT2D eigenvalue weighted by atomic mass is 16.6. The van der Waals surface area contributed by atoms with Gasteiger partial charge in [0.2, 0.25) is 0 Å². The van der Waals surface area contributed by atoms with Crippen LogP contribution in [0.15, 0.2) is 18.2 Å². The molecule has 0 amide bonds. The molecule has 2 unspecified atom stereocenters. The second-order valence-electron chi connectivity index (χ2n) is 4.13. The fraction of sp³-hybridized carbons (Fsp3) is 0.500. The van der Waals surface area contributed by atoms with Gasteiger partial charge < -0.3 is 20.3 Å². The van der Waals surface area contributed by atoms with Gasteiger partial charge in [0.15, 0.2) is 11.5 Å². The second kappa shape index (κ2) is 4.72. The van der Waals surface area contributed by atoms with Gasteiger partial charge in [-0.3, -0.25) is 0 Å². The van der Waals surface area contributed by atoms with E-state index in [0.717, 1.165) is 11.3 Å². The maximum atomic E-state index is 9.92. The van der Waals surface area contributed by atoms with Crippen LogP contribution in [0.2, 0.25) is 0 Å². The van der Waals surface area contributed by atoms with Crippen LogP contribution >= 0.6 is 0 Å². The number of nitrogens with two attached hydrogens (primary N) is 1. The standard InChI is InChI=1S/C12H17NO3/c1-8(13)6-10(14)9-2-3-11-12(7-9)16-5-4-15-11/h2-3,7-8,10,14H,4-6,13H2,1H3. The first-order chi connectivity index (χ1) is 7.66. The van der Waals surface area contributed by atoms with E-state index in [1.54, 1.807) is 0 Å². The molecule has 0 aliphatic carbocycles. The number of hydrogen-bond acceptors (Lipinski definition) is 4. The fourth-order valence-electron chi connectivity index (χ4n) is 1.76. The minimum atomic E-state index is -0.546. The second-order valence-corrected chi connectivity index (χ2v) is 4.13. The van der Waals surface area contributed by atoms with Gasteiger partial charge in [0, 0.05) is 6.04 Å². The molecule has 16 heavy (non-hydrogen) atoms. The number of aliphatic hydroxyl groups is 1. The fourth-order valence-corrected chi connectivity index (χ4v) is 1.76. The van der Waals surface area contributed by atoms with Crippen molar-refractivity contribution in [2.45, 2.75) is 25.5 Å². The van der Waals surface area contributed by atoms with Gasteiger partial charge in [-0.25, -0.2) is 0 Å². The van der Waals surface area contributed by atoms with Gasteiger partial charge in [-0.1, -0.05) is 6.07 Å². The Bertz CT molecular complexity index is 365. The minimum absolute atomic E-state index is 0.0248. The monoisotopic (exact) mass is 223 g/mol. The molecule has 0 bridgehead atoms. The molecule has 0 radical (unpaired) electrons. The molecule has 2 rings (SSSR count). The zero-order valence-corrected chi connectivity index (χ0v) is 9.35. The molecule has 0 aromatic heterocycles. The molecule has 3 N–H and O–H groups in total. The Labute approximate surface area is 95.0 Å². The quantitative estimate of drug-likeness (QED) is 0.809. The Kier molecular flexibility index (Phi) is 3.31. The van der Waals surface area contributed by atoms with Gasteiger partial charge in [-0.2, -0.15) is 0 Å². The number of benzene rings is 1. The molecule has 0 saturated heterocycles. The van der Waals surface area contributed by atoms with E-state index in [-0.39, 0.29) is 6.04 Å². The van der Waals surface area contributed by atoms with E-state index < -0.39 is 6.10 Å². The lowest BCUT2D eigenvalue weighted by Gasteiger charge is -2.20. The van der Waals surface area contributed by atoms with E-state index in [1.165, 1.54) is 0 Å². The van der Waals surface area contributed by atoms with Crippen molar-refractivity contribution in [3.8, 4) is 11.5 Å². The zero-order chi connectivity index (χ0) is 11.5. The normalized spacial score (nSPS) is 17.9. The first kappa shape index (κ1) is 11.2. The van der Waals surface area contributed by atoms with E-state index in [4.69, 9.17) is 15.2 Å². The lowest BCUT2D eigenvalue weighted by Crippen LogP contribution is -2.19. The van der Waals surface area contributed by atoms with Gasteiger partial charge in [0.05, 0.1) is 6.10 Å². The van der Waals surface area contributed by atoms with Gasteiger partial charge in [0.1, 0.15) is 13.2 Å². The van der Waals surface area contributed by atoms with Crippen molar-refractivity contribution in [2.75, 3.05) is 13.2 Å². The third kappa shape index (κ3) is 2.46. The molecule has 1 aliphatic heterocycles. The predicted octanol–water partition coefficient (Wildman–Crippen LogP) is 1.23. The highest BCUT2D eigenvalue weighted by Gasteiger charge is 2.16. The first-order valence-corrected chi connectivity index (χ1v) is 5.50. The van der Waals surface area contributed by atoms with Gasteiger partial charge in [-0.15, -0.1) is 0 Å². The molecular formula is C12H17NO3. The molecule has 88 valence electrons. The van der Waals surface area contributed by atoms with Crippen molar-refractivity contribution < 1.29 is 14.6 Å². The summed E-state index contributed by atoms with van der Waals surface area (Å²) in [7, 11) is 0. The highest BCUT2D eigenvalue weighted by molar-refractivity contribution is 5.44. The number of hydrogen-bond donors (Lipinski definition) is 2. The van der Waals surface area contributed by atoms with Gasteiger partial charge >= 0.3 is 0 Å². The van der Waals surface area contributed by atoms with Crippen LogP contribution < -0.4 is 15.2 Å². The molecule has 2 atom stereocenters. The lowest BCUT2D eigenvalue weighted by molar-refractivity contribution is 0.154. The van der Waals surface area contributed by atoms with E-state index in [0.29, 0.717) is 25.4 Å². The van der Waals surface area contributed by atoms with Crippen molar-refractivity contribution in [3.63, 3.8) is 0 Å². The van der Waals surface area contributed by atoms with Crippen LogP contribution in [0.25, 0.3) is 0 Å². The molecule has 0 saturated carbocycles. The zero-order valence-electron chi connectivity index (χ0n) is 9.35. The van der Waals surface area contributed by atoms with Crippen LogP contribution in [0.4, 0.5) is 0 Å². The van der Waals surface area contributed by atoms with Crippen molar-refractivity contribution >= 4 is 0 Å². The van der Waals surface area contributed by atoms with E-state index in [2.05, 4.69) is 0 Å². The van der Waals surface area contributed by atoms with Crippen LogP contribution in [0.1, 0.15) is 25.0 Å². The topological polar surface area (TPSA) is 64.7 Å². The highest BCUT2D eigenvalue weighted by Crippen LogP contribution is 2.33. The SMILES string of the molecule is CC(N)CC(O)c1ccc2c(c1)OCCO2. The molecular weight excluding hydrogens is 206 g/mol. The number of rotatable bonds is 3. The first-order valence-electron chi connectivity index (χ1n) is 5.50. The summed E-state index contributed by atoms with van der Waals surface area (Å²) in [5.41, 5.74) is 6.47. The molecule has 1 heterocycles. The Morgan fingerprint density at radius 3 is 2.69 bits per heavy atom. The third-order valence-corrected chi connectivity index (χ3v) is 2.55. The van der Waals surface area contributed by atoms with Crippen LogP contribution in [0.3, 0.4) is 0 Å². The Balaban J connectivity index is 2.16. The maximum absolute atomic E-state index is 9.92. The number of aliphatic hydroxyl groups excluding tert-OH is 1. The third-order valence-electron chi connectivity index (χ3n) is 2.55. The van der Waals surface area contributed by atoms with Crippen molar-refractivity contribution in [1.82, 2.24) is 0 Å². The molecule has 1 aromatic carbocycles. The Morgan fingerprint density at radius 2 is 2.00 bits per heavy atom. The molecule has 1 aliphatic rings. The molecule has 4 nitrogen and oxygen atoms in total. The van der Waals surface area contributed by atoms with Crippen LogP contribution in [-0.2, 0) is 0 Å². The average Bonchev–Trinajstić information content (AvgIpc) is 2.27. The Hall–Kier alpha value is -1.26. The summed E-state index contributed by atoms with van der Waals surface area (Å²) in [5, 5.41) is 9.92. The summed E-state index contributed by atoms with van der Waals surface area (Å²) in [5.74, 6) is 1.44. The molecule has 1 aromatic rings. The van der Waals surface area contributed by atoms with Crippen molar-refractivity contribution in [1.29, 1.82) is 0 Å². The van der Waals surface area contributed by atoms with E-state index in [9.17, 15) is 5.11 Å². The van der Waals surface area contributed by atoms with Gasteiger partial charge in [0.25, 0.3) is 0 Å². The van der Waals surface area contributed by atoms with Crippen LogP contribution in [0, 0.1) is 0 Å². The summed E-state index contributed by atoms with van der Waals surface area (Å²) >= 11 is 0. The maximum Gasteiger partial charge on any atom is 0.161 e. The summed E-state index contributed by atoms with van der Waals surface area (Å²) < 4.78 is 10.9. The molecule has 0 spiro atoms. The lowest BCUT2D eigenvalue weighted by atomic mass is 10.0. The number of fused-ring (bicyclic) bond motifs is 1. The van der Waals surface area contributed by atoms with E-state index >= 15 is 0 Å². The largest absolute Gasteiger partial charge is 0.486 e. The van der Waals surface area contributed by atoms with E-state index in [1.807, 2.05) is 25.1 Å². The minimum Gasteiger partial charge on any atom is -0.486 e. The van der Waals surface area contributed by atoms with Crippen molar-refractivity contribution in [3.05, 3.63) is 23.8 Å². The average molecular weight is 223 g/mol. The van der Waals surface area contributed by atoms with Crippen LogP contribution in [-0.4, -0.2) is 24.4 Å². The smallest absolute Gasteiger partial charge is 0.161 e. The number of ether oxygens (including phenoxy) is 2. The van der Waals surface area contributed by atoms with Gasteiger partial charge in [-0.05, 0) is 31.0 Å². The molecule has 4 heteroatoms. The van der Waals surface area contributed by atoms with Crippen LogP contribution in [0.5, 0.6) is 11.5 Å². The molecule has 0 fully saturated rings. The summed E-state index contributed by atoms with van der Waals surface area (Å²) in [6, 6.07) is 5.47. The summed E-state index contributed by atoms with van der Waals surface area (Å²) in [6.07, 6.45) is -0.00422. The van der Waals surface area contributed by atoms with Crippen molar-refractivity contribution in [2.24, 2.45) is 5.73 Å². The summed E-state index contributed by atoms with van der Waals surface area (Å²) in [6.45, 7) is 3.01.